The Labute approximate surface area is 155 Å². The number of ether oxygens (including phenoxy) is 1. The van der Waals surface area contributed by atoms with Crippen molar-refractivity contribution in [3.8, 4) is 5.75 Å². The Morgan fingerprint density at radius 1 is 1.27 bits per heavy atom. The van der Waals surface area contributed by atoms with Crippen LogP contribution in [0.15, 0.2) is 41.4 Å². The van der Waals surface area contributed by atoms with Gasteiger partial charge in [0.25, 0.3) is 0 Å². The van der Waals surface area contributed by atoms with Crippen LogP contribution < -0.4 is 9.64 Å². The summed E-state index contributed by atoms with van der Waals surface area (Å²) in [7, 11) is 1.69. The van der Waals surface area contributed by atoms with Crippen molar-refractivity contribution in [3.63, 3.8) is 0 Å². The quantitative estimate of drug-likeness (QED) is 0.658. The van der Waals surface area contributed by atoms with Crippen LogP contribution in [0.4, 0.5) is 15.8 Å². The third-order valence-electron chi connectivity index (χ3n) is 5.23. The van der Waals surface area contributed by atoms with Crippen molar-refractivity contribution >= 4 is 17.6 Å². The lowest BCUT2D eigenvalue weighted by atomic mass is 9.79. The van der Waals surface area contributed by atoms with Crippen molar-refractivity contribution in [2.45, 2.75) is 45.6 Å². The van der Waals surface area contributed by atoms with Gasteiger partial charge in [-0.25, -0.2) is 4.39 Å². The maximum Gasteiger partial charge on any atom is 0.129 e. The van der Waals surface area contributed by atoms with Gasteiger partial charge in [0.2, 0.25) is 0 Å². The molecule has 0 fully saturated rings. The third-order valence-corrected chi connectivity index (χ3v) is 5.23. The topological polar surface area (TPSA) is 24.8 Å². The van der Waals surface area contributed by atoms with Crippen molar-refractivity contribution in [2.24, 2.45) is 4.99 Å². The maximum atomic E-state index is 13.1. The van der Waals surface area contributed by atoms with Crippen LogP contribution in [0.5, 0.6) is 5.75 Å². The third kappa shape index (κ3) is 3.46. The van der Waals surface area contributed by atoms with Crippen molar-refractivity contribution in [1.82, 2.24) is 0 Å². The molecule has 3 rings (SSSR count). The fourth-order valence-electron chi connectivity index (χ4n) is 4.07. The minimum atomic E-state index is -0.258. The lowest BCUT2D eigenvalue weighted by Crippen LogP contribution is -2.48. The van der Waals surface area contributed by atoms with Gasteiger partial charge in [-0.1, -0.05) is 6.92 Å². The molecule has 0 amide bonds. The Morgan fingerprint density at radius 2 is 1.96 bits per heavy atom. The van der Waals surface area contributed by atoms with E-state index in [9.17, 15) is 4.39 Å². The molecule has 0 radical (unpaired) electrons. The fourth-order valence-corrected chi connectivity index (χ4v) is 4.07. The number of nitrogens with zero attached hydrogens (tertiary/aromatic N) is 2. The number of aliphatic imine (C=N–C) groups is 1. The van der Waals surface area contributed by atoms with Gasteiger partial charge in [0.05, 0.1) is 12.8 Å². The van der Waals surface area contributed by atoms with E-state index < -0.39 is 0 Å². The Bertz CT molecular complexity index is 812. The van der Waals surface area contributed by atoms with Crippen LogP contribution in [-0.2, 0) is 0 Å². The molecule has 1 unspecified atom stereocenters. The molecule has 0 bridgehead atoms. The highest BCUT2D eigenvalue weighted by molar-refractivity contribution is 5.87. The second-order valence-corrected chi connectivity index (χ2v) is 7.55. The van der Waals surface area contributed by atoms with Gasteiger partial charge >= 0.3 is 0 Å². The minimum absolute atomic E-state index is 0.121. The molecule has 0 aliphatic carbocycles. The largest absolute Gasteiger partial charge is 0.496 e. The highest BCUT2D eigenvalue weighted by Gasteiger charge is 2.36. The summed E-state index contributed by atoms with van der Waals surface area (Å²) in [6.45, 7) is 10.0. The van der Waals surface area contributed by atoms with E-state index in [0.717, 1.165) is 30.0 Å². The molecule has 2 aromatic carbocycles. The number of hydrogen-bond acceptors (Lipinski definition) is 3. The van der Waals surface area contributed by atoms with Crippen molar-refractivity contribution in [1.29, 1.82) is 0 Å². The van der Waals surface area contributed by atoms with E-state index in [1.54, 1.807) is 25.5 Å². The van der Waals surface area contributed by atoms with E-state index in [4.69, 9.17) is 4.74 Å². The normalized spacial score (nSPS) is 18.8. The van der Waals surface area contributed by atoms with Crippen molar-refractivity contribution in [2.75, 3.05) is 18.6 Å². The molecule has 3 nitrogen and oxygen atoms in total. The van der Waals surface area contributed by atoms with Gasteiger partial charge < -0.3 is 9.64 Å². The van der Waals surface area contributed by atoms with E-state index in [0.29, 0.717) is 5.92 Å². The Kier molecular flexibility index (Phi) is 5.03. The van der Waals surface area contributed by atoms with Gasteiger partial charge in [0.1, 0.15) is 11.6 Å². The van der Waals surface area contributed by atoms with Crippen LogP contribution in [0.25, 0.3) is 0 Å². The minimum Gasteiger partial charge on any atom is -0.496 e. The van der Waals surface area contributed by atoms with Crippen LogP contribution in [0.1, 0.15) is 51.2 Å². The molecule has 1 aliphatic rings. The van der Waals surface area contributed by atoms with Gasteiger partial charge in [-0.05, 0) is 69.0 Å². The standard InChI is InChI=1S/C22H27FN2O/c1-6-25-20-12-21(26-5)16(11-19(20)15(2)13-22(25,3)4)14-24-18-9-7-17(23)8-10-18/h7-12,14-15H,6,13H2,1-5H3. The predicted octanol–water partition coefficient (Wildman–Crippen LogP) is 5.70. The van der Waals surface area contributed by atoms with Crippen LogP contribution in [0, 0.1) is 5.82 Å². The van der Waals surface area contributed by atoms with Crippen LogP contribution in [0.2, 0.25) is 0 Å². The summed E-state index contributed by atoms with van der Waals surface area (Å²) < 4.78 is 18.7. The summed E-state index contributed by atoms with van der Waals surface area (Å²) in [4.78, 5) is 6.93. The van der Waals surface area contributed by atoms with Crippen LogP contribution >= 0.6 is 0 Å². The zero-order valence-electron chi connectivity index (χ0n) is 16.2. The first-order valence-corrected chi connectivity index (χ1v) is 9.15. The summed E-state index contributed by atoms with van der Waals surface area (Å²) in [6, 6.07) is 10.5. The molecule has 138 valence electrons. The van der Waals surface area contributed by atoms with E-state index in [1.165, 1.54) is 23.4 Å². The van der Waals surface area contributed by atoms with E-state index in [-0.39, 0.29) is 11.4 Å². The summed E-state index contributed by atoms with van der Waals surface area (Å²) in [5, 5.41) is 0. The molecular formula is C22H27FN2O. The molecule has 2 aromatic rings. The fraction of sp³-hybridized carbons (Fsp3) is 0.409. The van der Waals surface area contributed by atoms with Gasteiger partial charge in [-0.2, -0.15) is 0 Å². The number of benzene rings is 2. The molecule has 4 heteroatoms. The van der Waals surface area contributed by atoms with Crippen LogP contribution in [0.3, 0.4) is 0 Å². The monoisotopic (exact) mass is 354 g/mol. The van der Waals surface area contributed by atoms with Gasteiger partial charge in [0.15, 0.2) is 0 Å². The number of halogens is 1. The molecule has 0 spiro atoms. The summed E-state index contributed by atoms with van der Waals surface area (Å²) in [6.07, 6.45) is 2.91. The molecule has 1 aliphatic heterocycles. The molecule has 1 atom stereocenters. The molecule has 1 heterocycles. The summed E-state index contributed by atoms with van der Waals surface area (Å²) in [5.41, 5.74) is 4.35. The Balaban J connectivity index is 2.03. The van der Waals surface area contributed by atoms with Crippen LogP contribution in [-0.4, -0.2) is 25.4 Å². The predicted molar refractivity (Wildman–Crippen MR) is 107 cm³/mol. The summed E-state index contributed by atoms with van der Waals surface area (Å²) in [5.74, 6) is 1.01. The van der Waals surface area contributed by atoms with E-state index in [2.05, 4.69) is 49.7 Å². The second kappa shape index (κ2) is 7.10. The lowest BCUT2D eigenvalue weighted by molar-refractivity contribution is 0.377. The van der Waals surface area contributed by atoms with E-state index in [1.807, 2.05) is 0 Å². The maximum absolute atomic E-state index is 13.1. The highest BCUT2D eigenvalue weighted by Crippen LogP contribution is 2.45. The number of fused-ring (bicyclic) bond motifs is 1. The molecular weight excluding hydrogens is 327 g/mol. The van der Waals surface area contributed by atoms with Crippen molar-refractivity contribution in [3.05, 3.63) is 53.3 Å². The zero-order chi connectivity index (χ0) is 18.9. The number of hydrogen-bond donors (Lipinski definition) is 0. The molecule has 26 heavy (non-hydrogen) atoms. The number of methoxy groups -OCH3 is 1. The second-order valence-electron chi connectivity index (χ2n) is 7.55. The Hall–Kier alpha value is -2.36. The average Bonchev–Trinajstić information content (AvgIpc) is 2.60. The first kappa shape index (κ1) is 18.4. The Morgan fingerprint density at radius 3 is 2.58 bits per heavy atom. The molecule has 0 saturated heterocycles. The SMILES string of the molecule is CCN1c2cc(OC)c(C=Nc3ccc(F)cc3)cc2C(C)CC1(C)C. The van der Waals surface area contributed by atoms with Gasteiger partial charge in [-0.15, -0.1) is 0 Å². The average molecular weight is 354 g/mol. The van der Waals surface area contributed by atoms with E-state index >= 15 is 0 Å². The van der Waals surface area contributed by atoms with Gasteiger partial charge in [0, 0.05) is 35.6 Å². The lowest BCUT2D eigenvalue weighted by Gasteiger charge is -2.47. The molecule has 0 aromatic heterocycles. The molecule has 0 saturated carbocycles. The number of anilines is 1. The number of rotatable bonds is 4. The summed E-state index contributed by atoms with van der Waals surface area (Å²) >= 11 is 0. The van der Waals surface area contributed by atoms with Gasteiger partial charge in [-0.3, -0.25) is 4.99 Å². The first-order chi connectivity index (χ1) is 12.4. The smallest absolute Gasteiger partial charge is 0.129 e. The zero-order valence-corrected chi connectivity index (χ0v) is 16.2. The van der Waals surface area contributed by atoms with Crippen molar-refractivity contribution < 1.29 is 9.13 Å². The first-order valence-electron chi connectivity index (χ1n) is 9.15. The highest BCUT2D eigenvalue weighted by atomic mass is 19.1. The molecule has 0 N–H and O–H groups in total.